The van der Waals surface area contributed by atoms with Crippen LogP contribution in [-0.2, 0) is 0 Å². The van der Waals surface area contributed by atoms with Gasteiger partial charge in [0.2, 0.25) is 0 Å². The van der Waals surface area contributed by atoms with Gasteiger partial charge in [-0.25, -0.2) is 9.98 Å². The standard InChI is InChI=1S/C7H8N6O/c1-5-2-6(8-4-11-14)13-7(12-5)9-3-10-13/h2-4,14H,1H3,(H,8,11). The number of fused-ring (bicyclic) bond motifs is 1. The molecule has 2 aromatic rings. The molecule has 0 atom stereocenters. The lowest BCUT2D eigenvalue weighted by Crippen LogP contribution is -2.02. The molecule has 2 heterocycles. The van der Waals surface area contributed by atoms with Crippen molar-refractivity contribution >= 4 is 17.9 Å². The normalized spacial score (nSPS) is 11.3. The van der Waals surface area contributed by atoms with E-state index in [0.717, 1.165) is 12.0 Å². The summed E-state index contributed by atoms with van der Waals surface area (Å²) in [6, 6.07) is 1.73. The van der Waals surface area contributed by atoms with Gasteiger partial charge in [0.1, 0.15) is 12.7 Å². The fraction of sp³-hybridized carbons (Fsp3) is 0.143. The van der Waals surface area contributed by atoms with Crippen molar-refractivity contribution in [1.29, 1.82) is 0 Å². The average Bonchev–Trinajstić information content (AvgIpc) is 2.61. The summed E-state index contributed by atoms with van der Waals surface area (Å²) < 4.78 is 1.47. The van der Waals surface area contributed by atoms with Gasteiger partial charge in [-0.1, -0.05) is 0 Å². The fourth-order valence-electron chi connectivity index (χ4n) is 1.10. The van der Waals surface area contributed by atoms with Gasteiger partial charge in [-0.05, 0) is 6.92 Å². The third-order valence-electron chi connectivity index (χ3n) is 1.62. The van der Waals surface area contributed by atoms with Crippen molar-refractivity contribution in [3.63, 3.8) is 0 Å². The maximum absolute atomic E-state index is 8.36. The van der Waals surface area contributed by atoms with Gasteiger partial charge in [0.25, 0.3) is 5.78 Å². The van der Waals surface area contributed by atoms with Crippen molar-refractivity contribution in [1.82, 2.24) is 25.1 Å². The van der Waals surface area contributed by atoms with Crippen LogP contribution in [0.15, 0.2) is 17.4 Å². The third-order valence-corrected chi connectivity index (χ3v) is 1.62. The maximum atomic E-state index is 8.36. The van der Waals surface area contributed by atoms with Crippen molar-refractivity contribution in [2.45, 2.75) is 6.92 Å². The summed E-state index contributed by atoms with van der Waals surface area (Å²) in [7, 11) is 0. The lowest BCUT2D eigenvalue weighted by molar-refractivity contribution is 0.240. The lowest BCUT2D eigenvalue weighted by Gasteiger charge is -1.98. The van der Waals surface area contributed by atoms with E-state index in [2.05, 4.69) is 20.1 Å². The molecule has 0 aliphatic heterocycles. The zero-order valence-electron chi connectivity index (χ0n) is 7.42. The quantitative estimate of drug-likeness (QED) is 0.399. The van der Waals surface area contributed by atoms with Crippen LogP contribution in [0.2, 0.25) is 0 Å². The van der Waals surface area contributed by atoms with Crippen LogP contribution in [0.25, 0.3) is 5.78 Å². The summed E-state index contributed by atoms with van der Waals surface area (Å²) in [5.41, 5.74) is 2.61. The number of hydroxylamine groups is 1. The minimum atomic E-state index is 0.482. The van der Waals surface area contributed by atoms with Crippen molar-refractivity contribution in [3.8, 4) is 0 Å². The molecule has 2 rings (SSSR count). The number of hydrogen-bond acceptors (Lipinski definition) is 5. The van der Waals surface area contributed by atoms with Crippen molar-refractivity contribution < 1.29 is 5.21 Å². The Kier molecular flexibility index (Phi) is 2.07. The first-order valence-corrected chi connectivity index (χ1v) is 3.91. The van der Waals surface area contributed by atoms with Crippen LogP contribution >= 0.6 is 0 Å². The van der Waals surface area contributed by atoms with Crippen LogP contribution in [0.4, 0.5) is 5.82 Å². The second kappa shape index (κ2) is 3.38. The average molecular weight is 192 g/mol. The molecule has 2 N–H and O–H groups in total. The first kappa shape index (κ1) is 8.57. The molecule has 14 heavy (non-hydrogen) atoms. The maximum Gasteiger partial charge on any atom is 0.254 e. The van der Waals surface area contributed by atoms with Gasteiger partial charge in [0.05, 0.1) is 0 Å². The van der Waals surface area contributed by atoms with E-state index in [0.29, 0.717) is 11.6 Å². The molecule has 0 saturated heterocycles. The monoisotopic (exact) mass is 192 g/mol. The van der Waals surface area contributed by atoms with E-state index in [-0.39, 0.29) is 0 Å². The molecule has 0 aliphatic carbocycles. The molecule has 0 amide bonds. The highest BCUT2D eigenvalue weighted by Crippen LogP contribution is 2.12. The van der Waals surface area contributed by atoms with Crippen molar-refractivity contribution in [2.75, 3.05) is 0 Å². The summed E-state index contributed by atoms with van der Waals surface area (Å²) in [5, 5.41) is 12.3. The molecule has 0 aromatic carbocycles. The van der Waals surface area contributed by atoms with E-state index < -0.39 is 0 Å². The van der Waals surface area contributed by atoms with Crippen LogP contribution in [0.1, 0.15) is 5.69 Å². The van der Waals surface area contributed by atoms with Gasteiger partial charge in [-0.2, -0.15) is 14.6 Å². The van der Waals surface area contributed by atoms with Crippen LogP contribution in [0.5, 0.6) is 0 Å². The zero-order valence-corrected chi connectivity index (χ0v) is 7.42. The highest BCUT2D eigenvalue weighted by Gasteiger charge is 2.02. The minimum Gasteiger partial charge on any atom is -0.290 e. The summed E-state index contributed by atoms with van der Waals surface area (Å²) in [6.45, 7) is 1.83. The Labute approximate surface area is 79.1 Å². The Bertz CT molecular complexity index is 476. The number of aliphatic imine (C=N–C) groups is 1. The molecule has 0 spiro atoms. The number of aromatic nitrogens is 4. The minimum absolute atomic E-state index is 0.482. The summed E-state index contributed by atoms with van der Waals surface area (Å²) in [6.07, 6.45) is 2.54. The van der Waals surface area contributed by atoms with Crippen LogP contribution in [-0.4, -0.2) is 31.1 Å². The van der Waals surface area contributed by atoms with Crippen LogP contribution < -0.4 is 5.48 Å². The summed E-state index contributed by atoms with van der Waals surface area (Å²) in [5.74, 6) is 1.03. The number of hydrogen-bond donors (Lipinski definition) is 2. The molecule has 0 bridgehead atoms. The van der Waals surface area contributed by atoms with E-state index >= 15 is 0 Å². The van der Waals surface area contributed by atoms with E-state index in [1.54, 1.807) is 6.07 Å². The highest BCUT2D eigenvalue weighted by atomic mass is 16.5. The highest BCUT2D eigenvalue weighted by molar-refractivity contribution is 5.58. The van der Waals surface area contributed by atoms with E-state index in [1.165, 1.54) is 10.8 Å². The van der Waals surface area contributed by atoms with Gasteiger partial charge < -0.3 is 0 Å². The Morgan fingerprint density at radius 2 is 2.50 bits per heavy atom. The molecule has 0 unspecified atom stereocenters. The molecule has 0 aliphatic rings. The van der Waals surface area contributed by atoms with Crippen LogP contribution in [0.3, 0.4) is 0 Å². The summed E-state index contributed by atoms with van der Waals surface area (Å²) >= 11 is 0. The summed E-state index contributed by atoms with van der Waals surface area (Å²) in [4.78, 5) is 12.0. The van der Waals surface area contributed by atoms with Gasteiger partial charge in [0, 0.05) is 11.8 Å². The molecular formula is C7H8N6O. The smallest absolute Gasteiger partial charge is 0.254 e. The molecule has 0 saturated carbocycles. The van der Waals surface area contributed by atoms with Gasteiger partial charge >= 0.3 is 0 Å². The molecule has 0 radical (unpaired) electrons. The number of nitrogens with one attached hydrogen (secondary N) is 1. The molecule has 72 valence electrons. The van der Waals surface area contributed by atoms with Gasteiger partial charge in [-0.3, -0.25) is 10.7 Å². The predicted molar refractivity (Wildman–Crippen MR) is 48.6 cm³/mol. The van der Waals surface area contributed by atoms with Gasteiger partial charge in [0.15, 0.2) is 5.82 Å². The lowest BCUT2D eigenvalue weighted by atomic mass is 10.4. The third kappa shape index (κ3) is 1.40. The zero-order chi connectivity index (χ0) is 9.97. The molecular weight excluding hydrogens is 184 g/mol. The Balaban J connectivity index is 2.61. The number of nitrogens with zero attached hydrogens (tertiary/aromatic N) is 5. The van der Waals surface area contributed by atoms with Crippen molar-refractivity contribution in [2.24, 2.45) is 4.99 Å². The van der Waals surface area contributed by atoms with E-state index in [1.807, 2.05) is 12.4 Å². The first-order chi connectivity index (χ1) is 6.81. The second-order valence-corrected chi connectivity index (χ2v) is 2.61. The van der Waals surface area contributed by atoms with E-state index in [4.69, 9.17) is 5.21 Å². The SMILES string of the molecule is Cc1cc(/N=C\NO)n2ncnc2n1. The Morgan fingerprint density at radius 3 is 3.29 bits per heavy atom. The van der Waals surface area contributed by atoms with Crippen LogP contribution in [0, 0.1) is 6.92 Å². The topological polar surface area (TPSA) is 87.7 Å². The Morgan fingerprint density at radius 1 is 1.64 bits per heavy atom. The second-order valence-electron chi connectivity index (χ2n) is 2.61. The number of rotatable bonds is 2. The van der Waals surface area contributed by atoms with Crippen molar-refractivity contribution in [3.05, 3.63) is 18.1 Å². The molecule has 7 nitrogen and oxygen atoms in total. The Hall–Kier alpha value is -2.02. The largest absolute Gasteiger partial charge is 0.290 e. The molecule has 0 fully saturated rings. The predicted octanol–water partition coefficient (Wildman–Crippen LogP) is 0.0713. The fourth-order valence-corrected chi connectivity index (χ4v) is 1.10. The molecule has 2 aromatic heterocycles. The first-order valence-electron chi connectivity index (χ1n) is 3.91. The van der Waals surface area contributed by atoms with E-state index in [9.17, 15) is 0 Å². The number of aryl methyl sites for hydroxylation is 1. The molecule has 7 heteroatoms. The van der Waals surface area contributed by atoms with Gasteiger partial charge in [-0.15, -0.1) is 0 Å².